The van der Waals surface area contributed by atoms with Crippen molar-refractivity contribution in [2.45, 2.75) is 0 Å². The minimum absolute atomic E-state index is 0.649. The lowest BCUT2D eigenvalue weighted by molar-refractivity contribution is 1.51. The summed E-state index contributed by atoms with van der Waals surface area (Å²) in [5, 5.41) is 0. The Hall–Kier alpha value is -1.28. The van der Waals surface area contributed by atoms with Crippen LogP contribution in [0.2, 0.25) is 0 Å². The molecule has 0 unspecified atom stereocenters. The maximum atomic E-state index is 4.13. The summed E-state index contributed by atoms with van der Waals surface area (Å²) in [6.07, 6.45) is 0. The highest BCUT2D eigenvalue weighted by atomic mass is 32.1. The molecule has 66 valence electrons. The third-order valence-electron chi connectivity index (χ3n) is 1.75. The van der Waals surface area contributed by atoms with Crippen molar-refractivity contribution in [1.82, 2.24) is 0 Å². The zero-order valence-corrected chi connectivity index (χ0v) is 8.22. The molecule has 0 amide bonds. The molecule has 0 atom stereocenters. The molecule has 0 saturated heterocycles. The Morgan fingerprint density at radius 3 is 2.38 bits per heavy atom. The highest BCUT2D eigenvalue weighted by molar-refractivity contribution is 7.85. The van der Waals surface area contributed by atoms with Crippen molar-refractivity contribution in [3.05, 3.63) is 47.9 Å². The van der Waals surface area contributed by atoms with E-state index in [2.05, 4.69) is 37.5 Å². The van der Waals surface area contributed by atoms with E-state index in [1.54, 1.807) is 0 Å². The molecule has 1 rings (SSSR count). The topological polar surface area (TPSA) is 12.4 Å². The Labute approximate surface area is 83.9 Å². The third kappa shape index (κ3) is 2.10. The summed E-state index contributed by atoms with van der Waals surface area (Å²) < 4.78 is 0. The van der Waals surface area contributed by atoms with Gasteiger partial charge in [0.15, 0.2) is 0 Å². The molecule has 0 saturated carbocycles. The molecule has 0 spiro atoms. The molecule has 13 heavy (non-hydrogen) atoms. The van der Waals surface area contributed by atoms with Crippen LogP contribution in [0.25, 0.3) is 5.57 Å². The van der Waals surface area contributed by atoms with E-state index in [0.29, 0.717) is 4.91 Å². The molecule has 1 aromatic rings. The van der Waals surface area contributed by atoms with Gasteiger partial charge >= 0.3 is 0 Å². The minimum atomic E-state index is 0.649. The molecular formula is C11H11NS. The average Bonchev–Trinajstić information content (AvgIpc) is 2.16. The number of allylic oxidation sites excluding steroid dienone is 1. The van der Waals surface area contributed by atoms with Crippen LogP contribution < -0.4 is 0 Å². The number of hydrogen-bond acceptors (Lipinski definition) is 2. The van der Waals surface area contributed by atoms with Gasteiger partial charge in [0.05, 0.1) is 5.69 Å². The van der Waals surface area contributed by atoms with Gasteiger partial charge in [0, 0.05) is 10.5 Å². The Morgan fingerprint density at radius 2 is 1.85 bits per heavy atom. The second kappa shape index (κ2) is 4.10. The number of rotatable bonds is 3. The quantitative estimate of drug-likeness (QED) is 0.424. The monoisotopic (exact) mass is 189 g/mol. The van der Waals surface area contributed by atoms with Crippen molar-refractivity contribution < 1.29 is 0 Å². The largest absolute Gasteiger partial charge is 0.264 e. The molecule has 0 aliphatic rings. The Morgan fingerprint density at radius 1 is 1.23 bits per heavy atom. The summed E-state index contributed by atoms with van der Waals surface area (Å²) in [6.45, 7) is 11.1. The highest BCUT2D eigenvalue weighted by Crippen LogP contribution is 2.29. The van der Waals surface area contributed by atoms with Gasteiger partial charge in [-0.25, -0.2) is 0 Å². The number of nitrogens with zero attached hydrogens (tertiary/aromatic N) is 1. The van der Waals surface area contributed by atoms with Crippen LogP contribution in [0.1, 0.15) is 5.56 Å². The molecule has 2 heteroatoms. The van der Waals surface area contributed by atoms with Crippen molar-refractivity contribution >= 4 is 30.6 Å². The van der Waals surface area contributed by atoms with Gasteiger partial charge in [-0.2, -0.15) is 0 Å². The second-order valence-electron chi connectivity index (χ2n) is 2.60. The van der Waals surface area contributed by atoms with E-state index in [1.807, 2.05) is 24.3 Å². The summed E-state index contributed by atoms with van der Waals surface area (Å²) in [4.78, 5) is 4.54. The number of benzene rings is 1. The van der Waals surface area contributed by atoms with Crippen molar-refractivity contribution in [3.63, 3.8) is 0 Å². The number of para-hydroxylation sites is 1. The van der Waals surface area contributed by atoms with E-state index in [9.17, 15) is 0 Å². The van der Waals surface area contributed by atoms with Crippen molar-refractivity contribution in [1.29, 1.82) is 0 Å². The number of hydrogen-bond donors (Lipinski definition) is 1. The van der Waals surface area contributed by atoms with Crippen LogP contribution in [0.3, 0.4) is 0 Å². The molecule has 0 aliphatic carbocycles. The van der Waals surface area contributed by atoms with E-state index >= 15 is 0 Å². The molecule has 0 bridgehead atoms. The Bertz CT molecular complexity index is 366. The van der Waals surface area contributed by atoms with Crippen LogP contribution in [-0.2, 0) is 0 Å². The third-order valence-corrected chi connectivity index (χ3v) is 2.02. The summed E-state index contributed by atoms with van der Waals surface area (Å²) >= 11 is 4.13. The van der Waals surface area contributed by atoms with E-state index in [4.69, 9.17) is 0 Å². The van der Waals surface area contributed by atoms with Gasteiger partial charge in [0.1, 0.15) is 0 Å². The first kappa shape index (κ1) is 9.81. The van der Waals surface area contributed by atoms with Crippen LogP contribution in [-0.4, -0.2) is 6.72 Å². The van der Waals surface area contributed by atoms with Gasteiger partial charge < -0.3 is 0 Å². The zero-order valence-electron chi connectivity index (χ0n) is 7.33. The molecule has 0 aliphatic heterocycles. The maximum absolute atomic E-state index is 4.13. The average molecular weight is 189 g/mol. The van der Waals surface area contributed by atoms with E-state index in [1.165, 1.54) is 0 Å². The van der Waals surface area contributed by atoms with Crippen LogP contribution in [0, 0.1) is 0 Å². The van der Waals surface area contributed by atoms with Gasteiger partial charge in [0.25, 0.3) is 0 Å². The van der Waals surface area contributed by atoms with Gasteiger partial charge in [0.2, 0.25) is 0 Å². The standard InChI is InChI=1S/C11H11NS/c1-8(9(2)13)10-6-4-5-7-11(10)12-3/h4-7,13H,1-3H2. The van der Waals surface area contributed by atoms with Crippen LogP contribution >= 0.6 is 12.6 Å². The summed E-state index contributed by atoms with van der Waals surface area (Å²) in [6, 6.07) is 7.63. The maximum Gasteiger partial charge on any atom is 0.0700 e. The lowest BCUT2D eigenvalue weighted by atomic mass is 10.1. The Balaban J connectivity index is 3.20. The predicted octanol–water partition coefficient (Wildman–Crippen LogP) is 3.48. The van der Waals surface area contributed by atoms with Crippen LogP contribution in [0.4, 0.5) is 5.69 Å². The molecule has 1 nitrogen and oxygen atoms in total. The van der Waals surface area contributed by atoms with Gasteiger partial charge in [-0.05, 0) is 18.4 Å². The van der Waals surface area contributed by atoms with Crippen molar-refractivity contribution in [3.8, 4) is 0 Å². The predicted molar refractivity (Wildman–Crippen MR) is 62.8 cm³/mol. The molecule has 1 aromatic carbocycles. The first-order chi connectivity index (χ1) is 6.16. The SMILES string of the molecule is C=Nc1ccccc1C(=C)C(=C)S. The fourth-order valence-electron chi connectivity index (χ4n) is 1.02. The molecule has 0 aromatic heterocycles. The summed E-state index contributed by atoms with van der Waals surface area (Å²) in [7, 11) is 0. The number of aliphatic imine (C=N–C) groups is 1. The number of thiol groups is 1. The molecular weight excluding hydrogens is 178 g/mol. The lowest BCUT2D eigenvalue weighted by Crippen LogP contribution is -1.82. The minimum Gasteiger partial charge on any atom is -0.264 e. The van der Waals surface area contributed by atoms with Gasteiger partial charge in [-0.1, -0.05) is 31.4 Å². The second-order valence-corrected chi connectivity index (χ2v) is 3.14. The normalized spacial score (nSPS) is 9.31. The molecule has 0 fully saturated rings. The van der Waals surface area contributed by atoms with Crippen LogP contribution in [0.15, 0.2) is 47.3 Å². The first-order valence-corrected chi connectivity index (χ1v) is 4.25. The molecule has 0 radical (unpaired) electrons. The highest BCUT2D eigenvalue weighted by Gasteiger charge is 2.04. The van der Waals surface area contributed by atoms with E-state index in [-0.39, 0.29) is 0 Å². The fourth-order valence-corrected chi connectivity index (χ4v) is 1.14. The van der Waals surface area contributed by atoms with Crippen molar-refractivity contribution in [2.24, 2.45) is 4.99 Å². The zero-order chi connectivity index (χ0) is 9.84. The van der Waals surface area contributed by atoms with E-state index in [0.717, 1.165) is 16.8 Å². The fraction of sp³-hybridized carbons (Fsp3) is 0. The smallest absolute Gasteiger partial charge is 0.0700 e. The first-order valence-electron chi connectivity index (χ1n) is 3.80. The molecule has 0 N–H and O–H groups in total. The van der Waals surface area contributed by atoms with Crippen LogP contribution in [0.5, 0.6) is 0 Å². The Kier molecular flexibility index (Phi) is 3.09. The van der Waals surface area contributed by atoms with Gasteiger partial charge in [-0.15, -0.1) is 12.6 Å². The van der Waals surface area contributed by atoms with E-state index < -0.39 is 0 Å². The lowest BCUT2D eigenvalue weighted by Gasteiger charge is -2.06. The van der Waals surface area contributed by atoms with Crippen molar-refractivity contribution in [2.75, 3.05) is 0 Å². The molecule has 0 heterocycles. The summed E-state index contributed by atoms with van der Waals surface area (Å²) in [5.74, 6) is 0. The van der Waals surface area contributed by atoms with Gasteiger partial charge in [-0.3, -0.25) is 4.99 Å². The summed E-state index contributed by atoms with van der Waals surface area (Å²) in [5.41, 5.74) is 2.52.